The first-order valence-corrected chi connectivity index (χ1v) is 34.6. The summed E-state index contributed by atoms with van der Waals surface area (Å²) in [7, 11) is -14.3. The van der Waals surface area contributed by atoms with Gasteiger partial charge in [0.05, 0.1) is 44.2 Å². The number of unbranched alkanes of at least 4 members (excludes halogenated alkanes) is 2. The van der Waals surface area contributed by atoms with Crippen molar-refractivity contribution in [2.24, 2.45) is 0 Å². The Morgan fingerprint density at radius 2 is 1.49 bits per heavy atom. The summed E-state index contributed by atoms with van der Waals surface area (Å²) < 4.78 is 52.2. The molecule has 0 aliphatic carbocycles. The number of aliphatic carboxylic acids is 3. The number of carbonyl (C=O) groups excluding carboxylic acids is 6. The van der Waals surface area contributed by atoms with Crippen LogP contribution in [0.2, 0.25) is 0 Å². The summed E-state index contributed by atoms with van der Waals surface area (Å²) in [4.78, 5) is 174. The number of aromatic amines is 1. The molecular formula is C47H70N9O26P3S3. The van der Waals surface area contributed by atoms with Crippen molar-refractivity contribution in [1.82, 2.24) is 46.8 Å². The van der Waals surface area contributed by atoms with Crippen molar-refractivity contribution in [3.05, 3.63) is 44.8 Å². The first-order valence-electron chi connectivity index (χ1n) is 26.8. The van der Waals surface area contributed by atoms with Crippen molar-refractivity contribution in [2.45, 2.75) is 156 Å². The molecule has 3 aliphatic heterocycles. The topological polar surface area (TPSA) is 543 Å². The summed E-state index contributed by atoms with van der Waals surface area (Å²) >= 11 is 1.66. The van der Waals surface area contributed by atoms with Crippen molar-refractivity contribution in [3.63, 3.8) is 0 Å². The molecule has 16 N–H and O–H groups in total. The van der Waals surface area contributed by atoms with Gasteiger partial charge in [0.25, 0.3) is 5.56 Å². The number of carboxylic acid groups (broad SMARTS) is 3. The highest BCUT2D eigenvalue weighted by Crippen LogP contribution is 2.66. The van der Waals surface area contributed by atoms with E-state index in [0.717, 1.165) is 22.1 Å². The average molecular weight is 1370 g/mol. The largest absolute Gasteiger partial charge is 0.490 e. The van der Waals surface area contributed by atoms with Crippen LogP contribution in [-0.4, -0.2) is 187 Å². The maximum absolute atomic E-state index is 13.7. The second-order valence-corrected chi connectivity index (χ2v) is 29.2. The number of phosphoric ester groups is 1. The predicted molar refractivity (Wildman–Crippen MR) is 311 cm³/mol. The van der Waals surface area contributed by atoms with Crippen LogP contribution < -0.4 is 48.5 Å². The van der Waals surface area contributed by atoms with Crippen LogP contribution in [-0.2, 0) is 69.9 Å². The standard InChI is InChI=1S/C47H70N9O26P3S3/c1-25(40-39-30(24-86-40)53-45(70)54-39)9-7-12-35(60)50-27(42(66)49-16-6-4-5-11-34(59)51-28(19-37(61)62)43(67)52-29(44(68)69)20-38(63)64)13-15-47(2,3)88-87-18-14-33(58)48-17-8-10-26-22-56(46(71)55-41(26)65)36-21-31(57)32(80-36)23-79-84(75,76)82-85(77,78)81-83(72,73)74/h22,27-32,36,39-40,57H,1,4-7,9,11-21,23-24H2,2-3H3,(H,48,58)(H,49,66)(H,50,60)(H,51,59)(H,52,67)(H,61,62)(H,63,64)(H,68,69)(H,75,76)(H,77,78)(H2,53,54,70)(H,55,65,71)(H2,72,73,74)/t27?,28?,29?,30-,31?,32?,36?,39-,40-/m0/s1. The number of nitrogens with zero attached hydrogens (tertiary/aromatic N) is 1. The van der Waals surface area contributed by atoms with Gasteiger partial charge in [-0.1, -0.05) is 52.0 Å². The number of H-pyrrole nitrogens is 1. The Bertz CT molecular complexity index is 3080. The molecule has 0 spiro atoms. The zero-order valence-electron chi connectivity index (χ0n) is 47.1. The molecule has 88 heavy (non-hydrogen) atoms. The fraction of sp³-hybridized carbons (Fsp3) is 0.638. The fourth-order valence-electron chi connectivity index (χ4n) is 8.57. The number of amides is 7. The molecule has 41 heteroatoms. The SMILES string of the molecule is C=C(CCCC(=O)NC(CCC(C)(C)SSCCC(=O)NCC#Cc1cn(C2CC(O)C(COP(=O)(O)OP(=O)(O)OP(=O)(O)O)O2)c(=O)[nH]c1=O)C(=O)NCCCCCC(=O)NC(CC(=O)O)C(=O)NC(CC(=O)O)C(=O)O)[C@@H]1SC[C@@H]2NC(=O)N[C@@H]21. The van der Waals surface area contributed by atoms with Gasteiger partial charge in [0.1, 0.15) is 36.0 Å². The van der Waals surface area contributed by atoms with Gasteiger partial charge in [0, 0.05) is 59.9 Å². The van der Waals surface area contributed by atoms with Crippen molar-refractivity contribution in [1.29, 1.82) is 0 Å². The average Bonchev–Trinajstić information content (AvgIpc) is 1.81. The molecule has 492 valence electrons. The summed E-state index contributed by atoms with van der Waals surface area (Å²) in [5.74, 6) is -1.79. The molecule has 1 aromatic heterocycles. The van der Waals surface area contributed by atoms with Crippen molar-refractivity contribution in [3.8, 4) is 11.8 Å². The molecular weight excluding hydrogens is 1300 g/mol. The van der Waals surface area contributed by atoms with E-state index >= 15 is 0 Å². The van der Waals surface area contributed by atoms with Crippen LogP contribution in [0.4, 0.5) is 4.79 Å². The van der Waals surface area contributed by atoms with Gasteiger partial charge in [-0.15, -0.1) is 11.8 Å². The van der Waals surface area contributed by atoms with Crippen LogP contribution in [0.1, 0.15) is 109 Å². The first-order chi connectivity index (χ1) is 41.0. The van der Waals surface area contributed by atoms with Crippen LogP contribution in [0.5, 0.6) is 0 Å². The monoisotopic (exact) mass is 1370 g/mol. The smallest absolute Gasteiger partial charge is 0.481 e. The van der Waals surface area contributed by atoms with E-state index in [0.29, 0.717) is 37.9 Å². The molecule has 7 amide bonds. The Morgan fingerprint density at radius 1 is 0.830 bits per heavy atom. The lowest BCUT2D eigenvalue weighted by atomic mass is 9.98. The lowest BCUT2D eigenvalue weighted by Crippen LogP contribution is -2.52. The van der Waals surface area contributed by atoms with Crippen LogP contribution in [0.25, 0.3) is 0 Å². The van der Waals surface area contributed by atoms with Gasteiger partial charge in [-0.25, -0.2) is 28.1 Å². The number of aliphatic hydroxyl groups is 1. The number of carbonyl (C=O) groups is 9. The first kappa shape index (κ1) is 74.9. The summed E-state index contributed by atoms with van der Waals surface area (Å²) in [5, 5.41) is 56.1. The minimum absolute atomic E-state index is 0.0182. The molecule has 35 nitrogen and oxygen atoms in total. The van der Waals surface area contributed by atoms with E-state index in [9.17, 15) is 91.5 Å². The molecule has 3 fully saturated rings. The molecule has 0 saturated carbocycles. The molecule has 0 aromatic carbocycles. The number of thioether (sulfide) groups is 1. The predicted octanol–water partition coefficient (Wildman–Crippen LogP) is -0.617. The molecule has 1 aromatic rings. The normalized spacial score (nSPS) is 21.2. The van der Waals surface area contributed by atoms with Crippen molar-refractivity contribution < 1.29 is 115 Å². The number of aliphatic hydroxyl groups excluding tert-OH is 1. The molecule has 3 saturated heterocycles. The maximum atomic E-state index is 13.7. The van der Waals surface area contributed by atoms with E-state index < -0.39 is 137 Å². The lowest BCUT2D eigenvalue weighted by molar-refractivity contribution is -0.148. The van der Waals surface area contributed by atoms with E-state index in [1.807, 2.05) is 24.1 Å². The highest BCUT2D eigenvalue weighted by atomic mass is 33.1. The number of ether oxygens (including phenoxy) is 1. The van der Waals surface area contributed by atoms with Crippen LogP contribution >= 0.6 is 56.8 Å². The zero-order chi connectivity index (χ0) is 65.7. The number of phosphoric acid groups is 3. The van der Waals surface area contributed by atoms with Crippen LogP contribution in [0.15, 0.2) is 27.9 Å². The Kier molecular flexibility index (Phi) is 29.4. The Balaban J connectivity index is 1.25. The molecule has 0 radical (unpaired) electrons. The van der Waals surface area contributed by atoms with E-state index in [1.165, 1.54) is 21.6 Å². The second-order valence-electron chi connectivity index (χ2n) is 20.5. The number of hydrogen-bond donors (Lipinski definition) is 16. The molecule has 11 atom stereocenters. The summed E-state index contributed by atoms with van der Waals surface area (Å²) in [6.45, 7) is 6.90. The minimum atomic E-state index is -5.83. The number of carboxylic acids is 3. The second kappa shape index (κ2) is 34.5. The van der Waals surface area contributed by atoms with Gasteiger partial charge >= 0.3 is 53.1 Å². The molecule has 8 unspecified atom stereocenters. The lowest BCUT2D eigenvalue weighted by Gasteiger charge is -2.26. The van der Waals surface area contributed by atoms with Gasteiger partial charge in [-0.05, 0) is 52.4 Å². The Morgan fingerprint density at radius 3 is 2.15 bits per heavy atom. The van der Waals surface area contributed by atoms with Gasteiger partial charge < -0.3 is 82.0 Å². The Hall–Kier alpha value is -5.61. The quantitative estimate of drug-likeness (QED) is 0.00980. The van der Waals surface area contributed by atoms with Gasteiger partial charge in [-0.2, -0.15) is 8.62 Å². The van der Waals surface area contributed by atoms with Crippen molar-refractivity contribution >= 4 is 110 Å². The van der Waals surface area contributed by atoms with Crippen LogP contribution in [0.3, 0.4) is 0 Å². The molecule has 0 bridgehead atoms. The summed E-state index contributed by atoms with van der Waals surface area (Å²) in [6, 6.07) is -4.92. The van der Waals surface area contributed by atoms with E-state index in [2.05, 4.69) is 63.5 Å². The van der Waals surface area contributed by atoms with E-state index in [1.54, 1.807) is 11.8 Å². The third kappa shape index (κ3) is 26.8. The number of nitrogens with one attached hydrogen (secondary N) is 8. The fourth-order valence-corrected chi connectivity index (χ4v) is 15.7. The van der Waals surface area contributed by atoms with Gasteiger partial charge in [0.15, 0.2) is 0 Å². The summed E-state index contributed by atoms with van der Waals surface area (Å²) in [6.07, 6.45) is -3.20. The highest BCUT2D eigenvalue weighted by Gasteiger charge is 2.45. The molecule has 4 heterocycles. The molecule has 4 rings (SSSR count). The number of aromatic nitrogens is 2. The number of urea groups is 1. The van der Waals surface area contributed by atoms with E-state index in [-0.39, 0.29) is 86.4 Å². The van der Waals surface area contributed by atoms with E-state index in [4.69, 9.17) is 19.6 Å². The highest BCUT2D eigenvalue weighted by molar-refractivity contribution is 8.77. The van der Waals surface area contributed by atoms with Crippen molar-refractivity contribution in [2.75, 3.05) is 31.2 Å². The third-order valence-corrected chi connectivity index (χ3v) is 21.5. The maximum Gasteiger partial charge on any atom is 0.490 e. The third-order valence-electron chi connectivity index (χ3n) is 12.8. The zero-order valence-corrected chi connectivity index (χ0v) is 52.3. The minimum Gasteiger partial charge on any atom is -0.481 e. The van der Waals surface area contributed by atoms with Crippen LogP contribution in [0, 0.1) is 11.8 Å². The van der Waals surface area contributed by atoms with Gasteiger partial charge in [0.2, 0.25) is 29.5 Å². The number of rotatable bonds is 38. The number of fused-ring (bicyclic) bond motifs is 1. The Labute approximate surface area is 513 Å². The number of hydrogen-bond acceptors (Lipinski definition) is 22. The molecule has 3 aliphatic rings. The van der Waals surface area contributed by atoms with Gasteiger partial charge in [-0.3, -0.25) is 52.4 Å². The summed E-state index contributed by atoms with van der Waals surface area (Å²) in [5.41, 5.74) is -1.34.